The number of nitrogens with zero attached hydrogens (tertiary/aromatic N) is 4. The van der Waals surface area contributed by atoms with Crippen molar-refractivity contribution in [2.75, 3.05) is 5.73 Å². The largest absolute Gasteiger partial charge is 0.435 e. The highest BCUT2D eigenvalue weighted by molar-refractivity contribution is 5.77. The lowest BCUT2D eigenvalue weighted by atomic mass is 9.86. The SMILES string of the molecule is C[C@@H]1CCC=C(c2c(C(F)(F)F)nn(-c3ccn(C)n3)c2N)C1. The second kappa shape index (κ2) is 5.43. The minimum Gasteiger partial charge on any atom is -0.383 e. The molecule has 2 heterocycles. The number of anilines is 1. The van der Waals surface area contributed by atoms with Crippen LogP contribution >= 0.6 is 0 Å². The Labute approximate surface area is 131 Å². The van der Waals surface area contributed by atoms with Crippen molar-refractivity contribution < 1.29 is 13.2 Å². The summed E-state index contributed by atoms with van der Waals surface area (Å²) in [7, 11) is 1.68. The molecule has 0 saturated heterocycles. The summed E-state index contributed by atoms with van der Waals surface area (Å²) in [6.07, 6.45) is 1.20. The zero-order chi connectivity index (χ0) is 16.8. The monoisotopic (exact) mass is 325 g/mol. The summed E-state index contributed by atoms with van der Waals surface area (Å²) in [5, 5.41) is 7.80. The fraction of sp³-hybridized carbons (Fsp3) is 0.467. The Morgan fingerprint density at radius 1 is 1.30 bits per heavy atom. The minimum atomic E-state index is -4.56. The first-order chi connectivity index (χ1) is 10.8. The Kier molecular flexibility index (Phi) is 3.69. The van der Waals surface area contributed by atoms with E-state index in [4.69, 9.17) is 5.73 Å². The third-order valence-corrected chi connectivity index (χ3v) is 4.05. The molecule has 0 unspecified atom stereocenters. The summed E-state index contributed by atoms with van der Waals surface area (Å²) in [5.74, 6) is 0.580. The molecule has 0 saturated carbocycles. The molecule has 0 aliphatic heterocycles. The highest BCUT2D eigenvalue weighted by atomic mass is 19.4. The quantitative estimate of drug-likeness (QED) is 0.920. The normalized spacial score (nSPS) is 19.0. The van der Waals surface area contributed by atoms with Gasteiger partial charge in [0.2, 0.25) is 0 Å². The molecule has 0 radical (unpaired) electrons. The Morgan fingerprint density at radius 2 is 2.04 bits per heavy atom. The molecular formula is C15H18F3N5. The minimum absolute atomic E-state index is 0.00490. The number of alkyl halides is 3. The van der Waals surface area contributed by atoms with E-state index in [1.54, 1.807) is 19.3 Å². The van der Waals surface area contributed by atoms with E-state index in [0.29, 0.717) is 17.9 Å². The third-order valence-electron chi connectivity index (χ3n) is 4.05. The van der Waals surface area contributed by atoms with Crippen LogP contribution in [0.3, 0.4) is 0 Å². The van der Waals surface area contributed by atoms with Crippen LogP contribution in [0, 0.1) is 5.92 Å². The standard InChI is InChI=1S/C15H18F3N5/c1-9-4-3-5-10(8-9)12-13(15(16,17)18)21-23(14(12)19)11-6-7-22(2)20-11/h5-7,9H,3-4,8,19H2,1-2H3/t9-/m1/s1. The Morgan fingerprint density at radius 3 is 2.61 bits per heavy atom. The van der Waals surface area contributed by atoms with Crippen molar-refractivity contribution in [1.82, 2.24) is 19.6 Å². The molecule has 2 aromatic heterocycles. The van der Waals surface area contributed by atoms with Gasteiger partial charge in [-0.05, 0) is 30.8 Å². The van der Waals surface area contributed by atoms with Crippen LogP contribution in [0.1, 0.15) is 37.4 Å². The average molecular weight is 325 g/mol. The lowest BCUT2D eigenvalue weighted by molar-refractivity contribution is -0.141. The number of hydrogen-bond acceptors (Lipinski definition) is 3. The van der Waals surface area contributed by atoms with Crippen LogP contribution in [0.25, 0.3) is 11.4 Å². The molecule has 0 fully saturated rings. The number of hydrogen-bond donors (Lipinski definition) is 1. The van der Waals surface area contributed by atoms with Crippen LogP contribution < -0.4 is 5.73 Å². The summed E-state index contributed by atoms with van der Waals surface area (Å²) in [6, 6.07) is 1.57. The van der Waals surface area contributed by atoms with Gasteiger partial charge in [0.25, 0.3) is 0 Å². The Bertz CT molecular complexity index is 754. The van der Waals surface area contributed by atoms with E-state index in [0.717, 1.165) is 17.5 Å². The molecule has 23 heavy (non-hydrogen) atoms. The first kappa shape index (κ1) is 15.6. The smallest absolute Gasteiger partial charge is 0.383 e. The van der Waals surface area contributed by atoms with Gasteiger partial charge in [-0.2, -0.15) is 28.1 Å². The first-order valence-corrected chi connectivity index (χ1v) is 7.42. The van der Waals surface area contributed by atoms with Gasteiger partial charge in [0.15, 0.2) is 11.5 Å². The van der Waals surface area contributed by atoms with Gasteiger partial charge in [0.1, 0.15) is 5.82 Å². The van der Waals surface area contributed by atoms with E-state index in [9.17, 15) is 13.2 Å². The zero-order valence-corrected chi connectivity index (χ0v) is 12.9. The Balaban J connectivity index is 2.17. The van der Waals surface area contributed by atoms with Crippen molar-refractivity contribution in [3.05, 3.63) is 29.6 Å². The molecule has 1 aliphatic rings. The number of aryl methyl sites for hydroxylation is 1. The van der Waals surface area contributed by atoms with Crippen molar-refractivity contribution in [1.29, 1.82) is 0 Å². The Hall–Kier alpha value is -2.25. The number of nitrogen functional groups attached to an aromatic ring is 1. The second-order valence-corrected chi connectivity index (χ2v) is 5.98. The molecule has 0 amide bonds. The number of rotatable bonds is 2. The maximum absolute atomic E-state index is 13.4. The summed E-state index contributed by atoms with van der Waals surface area (Å²) in [4.78, 5) is 0. The van der Waals surface area contributed by atoms with E-state index in [-0.39, 0.29) is 17.2 Å². The molecule has 1 atom stereocenters. The van der Waals surface area contributed by atoms with Gasteiger partial charge in [0.05, 0.1) is 5.56 Å². The van der Waals surface area contributed by atoms with Crippen molar-refractivity contribution in [2.24, 2.45) is 13.0 Å². The molecule has 8 heteroatoms. The average Bonchev–Trinajstić information content (AvgIpc) is 3.02. The fourth-order valence-corrected chi connectivity index (χ4v) is 2.94. The molecule has 0 bridgehead atoms. The fourth-order valence-electron chi connectivity index (χ4n) is 2.94. The first-order valence-electron chi connectivity index (χ1n) is 7.42. The van der Waals surface area contributed by atoms with Crippen LogP contribution in [-0.4, -0.2) is 19.6 Å². The van der Waals surface area contributed by atoms with Gasteiger partial charge in [-0.3, -0.25) is 4.68 Å². The summed E-state index contributed by atoms with van der Waals surface area (Å²) >= 11 is 0. The molecular weight excluding hydrogens is 307 g/mol. The maximum atomic E-state index is 13.4. The molecule has 124 valence electrons. The van der Waals surface area contributed by atoms with Gasteiger partial charge in [-0.25, -0.2) is 0 Å². The summed E-state index contributed by atoms with van der Waals surface area (Å²) in [6.45, 7) is 2.03. The highest BCUT2D eigenvalue weighted by Crippen LogP contribution is 2.41. The van der Waals surface area contributed by atoms with Crippen LogP contribution in [0.15, 0.2) is 18.3 Å². The van der Waals surface area contributed by atoms with Gasteiger partial charge >= 0.3 is 6.18 Å². The predicted octanol–water partition coefficient (Wildman–Crippen LogP) is 3.41. The maximum Gasteiger partial charge on any atom is 0.435 e. The summed E-state index contributed by atoms with van der Waals surface area (Å²) in [5.41, 5.74) is 5.70. The lowest BCUT2D eigenvalue weighted by Gasteiger charge is -2.20. The predicted molar refractivity (Wildman–Crippen MR) is 80.7 cm³/mol. The molecule has 0 aromatic carbocycles. The molecule has 2 aromatic rings. The lowest BCUT2D eigenvalue weighted by Crippen LogP contribution is -2.11. The number of halogens is 3. The van der Waals surface area contributed by atoms with Gasteiger partial charge < -0.3 is 5.73 Å². The van der Waals surface area contributed by atoms with Crippen molar-refractivity contribution >= 4 is 11.4 Å². The van der Waals surface area contributed by atoms with Crippen LogP contribution in [0.5, 0.6) is 0 Å². The zero-order valence-electron chi connectivity index (χ0n) is 12.9. The number of aromatic nitrogens is 4. The molecule has 1 aliphatic carbocycles. The van der Waals surface area contributed by atoms with Crippen molar-refractivity contribution in [3.8, 4) is 5.82 Å². The van der Waals surface area contributed by atoms with E-state index in [1.807, 2.05) is 13.0 Å². The molecule has 0 spiro atoms. The van der Waals surface area contributed by atoms with E-state index >= 15 is 0 Å². The highest BCUT2D eigenvalue weighted by Gasteiger charge is 2.40. The van der Waals surface area contributed by atoms with Crippen molar-refractivity contribution in [3.63, 3.8) is 0 Å². The van der Waals surface area contributed by atoms with Crippen LogP contribution in [0.4, 0.5) is 19.0 Å². The van der Waals surface area contributed by atoms with Crippen LogP contribution in [0.2, 0.25) is 0 Å². The van der Waals surface area contributed by atoms with E-state index in [1.165, 1.54) is 4.68 Å². The molecule has 2 N–H and O–H groups in total. The van der Waals surface area contributed by atoms with E-state index in [2.05, 4.69) is 10.2 Å². The number of nitrogens with two attached hydrogens (primary N) is 1. The van der Waals surface area contributed by atoms with Crippen molar-refractivity contribution in [2.45, 2.75) is 32.4 Å². The van der Waals surface area contributed by atoms with Crippen LogP contribution in [-0.2, 0) is 13.2 Å². The summed E-state index contributed by atoms with van der Waals surface area (Å²) < 4.78 is 42.9. The molecule has 5 nitrogen and oxygen atoms in total. The van der Waals surface area contributed by atoms with Gasteiger partial charge in [0, 0.05) is 19.3 Å². The number of allylic oxidation sites excluding steroid dienone is 2. The topological polar surface area (TPSA) is 61.7 Å². The van der Waals surface area contributed by atoms with Gasteiger partial charge in [-0.1, -0.05) is 13.0 Å². The van der Waals surface area contributed by atoms with E-state index < -0.39 is 11.9 Å². The second-order valence-electron chi connectivity index (χ2n) is 5.98. The molecule has 3 rings (SSSR count). The third kappa shape index (κ3) is 2.85. The van der Waals surface area contributed by atoms with Gasteiger partial charge in [-0.15, -0.1) is 0 Å².